The minimum absolute atomic E-state index is 0.0668. The maximum absolute atomic E-state index is 11.7. The van der Waals surface area contributed by atoms with Crippen LogP contribution in [0.5, 0.6) is 0 Å². The number of hydrogen-bond donors (Lipinski definition) is 2. The van der Waals surface area contributed by atoms with Crippen molar-refractivity contribution in [2.75, 3.05) is 78.6 Å². The van der Waals surface area contributed by atoms with Gasteiger partial charge < -0.3 is 19.5 Å². The first kappa shape index (κ1) is 20.3. The number of amides is 1. The van der Waals surface area contributed by atoms with Crippen LogP contribution in [0.1, 0.15) is 0 Å². The Bertz CT molecular complexity index is 425. The van der Waals surface area contributed by atoms with Crippen molar-refractivity contribution in [3.05, 3.63) is 0 Å². The van der Waals surface area contributed by atoms with E-state index in [1.807, 2.05) is 0 Å². The van der Waals surface area contributed by atoms with Crippen molar-refractivity contribution in [1.82, 2.24) is 14.9 Å². The number of sulfonamides is 1. The molecule has 1 aliphatic heterocycles. The lowest BCUT2D eigenvalue weighted by Crippen LogP contribution is -2.43. The Morgan fingerprint density at radius 3 is 2.65 bits per heavy atom. The minimum Gasteiger partial charge on any atom is -0.382 e. The molecule has 0 bridgehead atoms. The molecular weight excluding hydrogens is 326 g/mol. The largest absolute Gasteiger partial charge is 0.382 e. The number of methoxy groups -OCH3 is 1. The highest BCUT2D eigenvalue weighted by Gasteiger charge is 2.13. The van der Waals surface area contributed by atoms with Gasteiger partial charge in [0.15, 0.2) is 0 Å². The van der Waals surface area contributed by atoms with E-state index in [1.165, 1.54) is 0 Å². The van der Waals surface area contributed by atoms with E-state index in [1.54, 1.807) is 7.11 Å². The first-order valence-corrected chi connectivity index (χ1v) is 9.29. The normalized spacial score (nSPS) is 16.4. The average Bonchev–Trinajstić information content (AvgIpc) is 2.54. The second-order valence-corrected chi connectivity index (χ2v) is 6.98. The van der Waals surface area contributed by atoms with Crippen LogP contribution >= 0.6 is 0 Å². The number of morpholine rings is 1. The third kappa shape index (κ3) is 10.6. The molecule has 1 rings (SSSR count). The Balaban J connectivity index is 2.06. The Morgan fingerprint density at radius 1 is 1.22 bits per heavy atom. The highest BCUT2D eigenvalue weighted by atomic mass is 32.2. The molecular formula is C13H27N3O6S. The van der Waals surface area contributed by atoms with Crippen LogP contribution in [0.2, 0.25) is 0 Å². The maximum Gasteiger partial charge on any atom is 0.235 e. The monoisotopic (exact) mass is 353 g/mol. The molecule has 0 spiro atoms. The van der Waals surface area contributed by atoms with E-state index in [0.29, 0.717) is 33.0 Å². The van der Waals surface area contributed by atoms with Crippen LogP contribution in [-0.2, 0) is 29.0 Å². The first-order chi connectivity index (χ1) is 11.0. The summed E-state index contributed by atoms with van der Waals surface area (Å²) in [5.74, 6) is -0.528. The van der Waals surface area contributed by atoms with Crippen molar-refractivity contribution < 1.29 is 27.4 Å². The van der Waals surface area contributed by atoms with Crippen LogP contribution in [0.3, 0.4) is 0 Å². The fraction of sp³-hybridized carbons (Fsp3) is 0.923. The molecule has 0 aliphatic carbocycles. The molecule has 0 aromatic heterocycles. The van der Waals surface area contributed by atoms with Crippen LogP contribution in [0, 0.1) is 0 Å². The van der Waals surface area contributed by atoms with Crippen LogP contribution in [0.4, 0.5) is 0 Å². The van der Waals surface area contributed by atoms with Gasteiger partial charge in [-0.2, -0.15) is 0 Å². The molecule has 0 aromatic rings. The molecule has 136 valence electrons. The number of hydrogen-bond acceptors (Lipinski definition) is 7. The standard InChI is InChI=1S/C13H27N3O6S/c1-20-8-9-22-10-11-23(18,19)15-12-13(17)14-2-3-16-4-6-21-7-5-16/h15H,2-12H2,1H3,(H,14,17). The summed E-state index contributed by atoms with van der Waals surface area (Å²) >= 11 is 0. The van der Waals surface area contributed by atoms with Gasteiger partial charge in [-0.3, -0.25) is 9.69 Å². The molecule has 1 amide bonds. The van der Waals surface area contributed by atoms with E-state index in [4.69, 9.17) is 14.2 Å². The smallest absolute Gasteiger partial charge is 0.235 e. The zero-order chi connectivity index (χ0) is 17.0. The summed E-state index contributed by atoms with van der Waals surface area (Å²) in [6.07, 6.45) is 0. The molecule has 9 nitrogen and oxygen atoms in total. The Kier molecular flexibility index (Phi) is 10.3. The van der Waals surface area contributed by atoms with Crippen LogP contribution < -0.4 is 10.0 Å². The summed E-state index contributed by atoms with van der Waals surface area (Å²) < 4.78 is 40.7. The molecule has 0 saturated carbocycles. The lowest BCUT2D eigenvalue weighted by Gasteiger charge is -2.26. The number of ether oxygens (including phenoxy) is 3. The number of nitrogens with zero attached hydrogens (tertiary/aromatic N) is 1. The summed E-state index contributed by atoms with van der Waals surface area (Å²) in [5, 5.41) is 2.69. The Morgan fingerprint density at radius 2 is 1.96 bits per heavy atom. The van der Waals surface area contributed by atoms with Crippen LogP contribution in [-0.4, -0.2) is 97.8 Å². The van der Waals surface area contributed by atoms with E-state index in [0.717, 1.165) is 19.6 Å². The predicted octanol–water partition coefficient (Wildman–Crippen LogP) is -1.98. The van der Waals surface area contributed by atoms with Gasteiger partial charge in [-0.1, -0.05) is 0 Å². The molecule has 1 fully saturated rings. The predicted molar refractivity (Wildman–Crippen MR) is 84.8 cm³/mol. The first-order valence-electron chi connectivity index (χ1n) is 7.64. The second kappa shape index (κ2) is 11.7. The van der Waals surface area contributed by atoms with Crippen molar-refractivity contribution in [3.8, 4) is 0 Å². The Hall–Kier alpha value is -0.780. The van der Waals surface area contributed by atoms with Crippen molar-refractivity contribution in [2.24, 2.45) is 0 Å². The molecule has 1 heterocycles. The highest BCUT2D eigenvalue weighted by Crippen LogP contribution is 1.94. The fourth-order valence-corrected chi connectivity index (χ4v) is 2.73. The molecule has 1 saturated heterocycles. The lowest BCUT2D eigenvalue weighted by molar-refractivity contribution is -0.120. The quantitative estimate of drug-likeness (QED) is 0.392. The molecule has 2 N–H and O–H groups in total. The Labute approximate surface area is 137 Å². The number of rotatable bonds is 12. The van der Waals surface area contributed by atoms with Gasteiger partial charge >= 0.3 is 0 Å². The van der Waals surface area contributed by atoms with Gasteiger partial charge in [-0.05, 0) is 0 Å². The van der Waals surface area contributed by atoms with Crippen LogP contribution in [0.15, 0.2) is 0 Å². The minimum atomic E-state index is -3.51. The molecule has 0 aromatic carbocycles. The third-order valence-corrected chi connectivity index (χ3v) is 4.52. The summed E-state index contributed by atoms with van der Waals surface area (Å²) in [7, 11) is -1.97. The summed E-state index contributed by atoms with van der Waals surface area (Å²) in [5.41, 5.74) is 0. The SMILES string of the molecule is COCCOCCS(=O)(=O)NCC(=O)NCCN1CCOCC1. The molecule has 1 aliphatic rings. The van der Waals surface area contributed by atoms with Crippen LogP contribution in [0.25, 0.3) is 0 Å². The molecule has 0 radical (unpaired) electrons. The van der Waals surface area contributed by atoms with Gasteiger partial charge in [0.25, 0.3) is 0 Å². The van der Waals surface area contributed by atoms with E-state index in [2.05, 4.69) is 14.9 Å². The summed E-state index contributed by atoms with van der Waals surface area (Å²) in [4.78, 5) is 13.8. The highest BCUT2D eigenvalue weighted by molar-refractivity contribution is 7.89. The van der Waals surface area contributed by atoms with Crippen molar-refractivity contribution >= 4 is 15.9 Å². The van der Waals surface area contributed by atoms with Crippen molar-refractivity contribution in [1.29, 1.82) is 0 Å². The second-order valence-electron chi connectivity index (χ2n) is 5.05. The van der Waals surface area contributed by atoms with Gasteiger partial charge in [-0.15, -0.1) is 0 Å². The summed E-state index contributed by atoms with van der Waals surface area (Å²) in [6.45, 7) is 4.90. The van der Waals surface area contributed by atoms with Gasteiger partial charge in [-0.25, -0.2) is 13.1 Å². The maximum atomic E-state index is 11.7. The zero-order valence-electron chi connectivity index (χ0n) is 13.6. The van der Waals surface area contributed by atoms with Crippen molar-refractivity contribution in [3.63, 3.8) is 0 Å². The van der Waals surface area contributed by atoms with E-state index < -0.39 is 10.0 Å². The average molecular weight is 353 g/mol. The van der Waals surface area contributed by atoms with Gasteiger partial charge in [0.2, 0.25) is 15.9 Å². The molecule has 23 heavy (non-hydrogen) atoms. The topological polar surface area (TPSA) is 106 Å². The third-order valence-electron chi connectivity index (χ3n) is 3.23. The fourth-order valence-electron chi connectivity index (χ4n) is 1.90. The van der Waals surface area contributed by atoms with E-state index in [-0.39, 0.29) is 24.8 Å². The van der Waals surface area contributed by atoms with E-state index >= 15 is 0 Å². The van der Waals surface area contributed by atoms with Gasteiger partial charge in [0.05, 0.1) is 45.3 Å². The van der Waals surface area contributed by atoms with Crippen molar-refractivity contribution in [2.45, 2.75) is 0 Å². The molecule has 10 heteroatoms. The summed E-state index contributed by atoms with van der Waals surface area (Å²) in [6, 6.07) is 0. The zero-order valence-corrected chi connectivity index (χ0v) is 14.4. The van der Waals surface area contributed by atoms with Gasteiger partial charge in [0, 0.05) is 33.3 Å². The lowest BCUT2D eigenvalue weighted by atomic mass is 10.4. The van der Waals surface area contributed by atoms with E-state index in [9.17, 15) is 13.2 Å². The number of carbonyl (C=O) groups excluding carboxylic acids is 1. The number of carbonyl (C=O) groups is 1. The number of nitrogens with one attached hydrogen (secondary N) is 2. The van der Waals surface area contributed by atoms with Gasteiger partial charge in [0.1, 0.15) is 0 Å². The molecule has 0 atom stereocenters. The molecule has 0 unspecified atom stereocenters.